The first kappa shape index (κ1) is 11.8. The van der Waals surface area contributed by atoms with Gasteiger partial charge >= 0.3 is 0 Å². The molecule has 0 spiro atoms. The summed E-state index contributed by atoms with van der Waals surface area (Å²) in [5.41, 5.74) is 0. The third kappa shape index (κ3) is 3.13. The van der Waals surface area contributed by atoms with E-state index < -0.39 is 0 Å². The molecule has 3 unspecified atom stereocenters. The van der Waals surface area contributed by atoms with Crippen molar-refractivity contribution in [1.29, 1.82) is 0 Å². The molecule has 0 amide bonds. The summed E-state index contributed by atoms with van der Waals surface area (Å²) in [6.07, 6.45) is 8.65. The van der Waals surface area contributed by atoms with E-state index in [1.807, 2.05) is 0 Å². The lowest BCUT2D eigenvalue weighted by molar-refractivity contribution is 0.325. The monoisotopic (exact) mass is 227 g/mol. The van der Waals surface area contributed by atoms with Crippen LogP contribution in [0.15, 0.2) is 0 Å². The lowest BCUT2D eigenvalue weighted by atomic mass is 9.97. The van der Waals surface area contributed by atoms with Crippen molar-refractivity contribution in [3.8, 4) is 0 Å². The third-order valence-electron chi connectivity index (χ3n) is 4.19. The van der Waals surface area contributed by atoms with Crippen molar-refractivity contribution in [2.45, 2.75) is 69.7 Å². The molecule has 15 heavy (non-hydrogen) atoms. The molecule has 2 heteroatoms. The number of rotatable bonds is 3. The Morgan fingerprint density at radius 2 is 1.87 bits per heavy atom. The summed E-state index contributed by atoms with van der Waals surface area (Å²) < 4.78 is 0. The van der Waals surface area contributed by atoms with Crippen molar-refractivity contribution in [2.24, 2.45) is 5.92 Å². The van der Waals surface area contributed by atoms with E-state index in [0.717, 1.165) is 23.3 Å². The van der Waals surface area contributed by atoms with Gasteiger partial charge in [0.1, 0.15) is 0 Å². The summed E-state index contributed by atoms with van der Waals surface area (Å²) in [5, 5.41) is 4.71. The van der Waals surface area contributed by atoms with Crippen LogP contribution < -0.4 is 5.32 Å². The highest BCUT2D eigenvalue weighted by molar-refractivity contribution is 7.99. The molecular formula is C13H25NS. The Bertz CT molecular complexity index is 189. The van der Waals surface area contributed by atoms with Gasteiger partial charge in [0, 0.05) is 17.3 Å². The minimum atomic E-state index is 0.749. The fourth-order valence-corrected chi connectivity index (χ4v) is 4.23. The highest BCUT2D eigenvalue weighted by atomic mass is 32.2. The zero-order valence-corrected chi connectivity index (χ0v) is 11.0. The Morgan fingerprint density at radius 1 is 1.13 bits per heavy atom. The van der Waals surface area contributed by atoms with E-state index >= 15 is 0 Å². The van der Waals surface area contributed by atoms with Gasteiger partial charge in [-0.25, -0.2) is 0 Å². The molecule has 0 aromatic heterocycles. The molecule has 2 rings (SSSR count). The molecule has 0 radical (unpaired) electrons. The van der Waals surface area contributed by atoms with Crippen molar-refractivity contribution < 1.29 is 0 Å². The maximum absolute atomic E-state index is 3.89. The van der Waals surface area contributed by atoms with Gasteiger partial charge in [-0.3, -0.25) is 0 Å². The first-order chi connectivity index (χ1) is 7.27. The standard InChI is InChI=1S/C13H25NS/c1-10(12-6-3-4-7-12)14-13-8-5-9-15-11(13)2/h10-14H,3-9H2,1-2H3. The zero-order valence-electron chi connectivity index (χ0n) is 10.2. The van der Waals surface area contributed by atoms with Gasteiger partial charge in [0.05, 0.1) is 0 Å². The second-order valence-corrected chi connectivity index (χ2v) is 6.81. The predicted molar refractivity (Wildman–Crippen MR) is 69.5 cm³/mol. The van der Waals surface area contributed by atoms with Gasteiger partial charge in [-0.15, -0.1) is 0 Å². The van der Waals surface area contributed by atoms with Crippen molar-refractivity contribution >= 4 is 11.8 Å². The van der Waals surface area contributed by atoms with E-state index in [-0.39, 0.29) is 0 Å². The van der Waals surface area contributed by atoms with Gasteiger partial charge in [0.25, 0.3) is 0 Å². The molecule has 1 saturated heterocycles. The Morgan fingerprint density at radius 3 is 2.53 bits per heavy atom. The summed E-state index contributed by atoms with van der Waals surface area (Å²) in [4.78, 5) is 0. The highest BCUT2D eigenvalue weighted by Crippen LogP contribution is 2.30. The molecule has 0 aromatic rings. The van der Waals surface area contributed by atoms with Crippen LogP contribution in [0, 0.1) is 5.92 Å². The molecule has 88 valence electrons. The molecule has 2 fully saturated rings. The maximum Gasteiger partial charge on any atom is 0.0186 e. The van der Waals surface area contributed by atoms with Crippen LogP contribution in [-0.2, 0) is 0 Å². The van der Waals surface area contributed by atoms with Crippen molar-refractivity contribution in [1.82, 2.24) is 5.32 Å². The first-order valence-electron chi connectivity index (χ1n) is 6.65. The molecule has 1 saturated carbocycles. The summed E-state index contributed by atoms with van der Waals surface area (Å²) in [7, 11) is 0. The van der Waals surface area contributed by atoms with E-state index in [9.17, 15) is 0 Å². The van der Waals surface area contributed by atoms with Crippen LogP contribution in [-0.4, -0.2) is 23.1 Å². The molecule has 1 heterocycles. The van der Waals surface area contributed by atoms with E-state index in [0.29, 0.717) is 0 Å². The molecule has 3 atom stereocenters. The molecule has 1 N–H and O–H groups in total. The number of hydrogen-bond acceptors (Lipinski definition) is 2. The van der Waals surface area contributed by atoms with Gasteiger partial charge in [0.2, 0.25) is 0 Å². The van der Waals surface area contributed by atoms with Crippen LogP contribution in [0.1, 0.15) is 52.4 Å². The second kappa shape index (κ2) is 5.58. The van der Waals surface area contributed by atoms with E-state index in [4.69, 9.17) is 0 Å². The minimum absolute atomic E-state index is 0.749. The fourth-order valence-electron chi connectivity index (χ4n) is 3.07. The molecule has 1 aliphatic heterocycles. The molecular weight excluding hydrogens is 202 g/mol. The normalized spacial score (nSPS) is 35.6. The van der Waals surface area contributed by atoms with Gasteiger partial charge < -0.3 is 5.32 Å². The van der Waals surface area contributed by atoms with Gasteiger partial charge in [-0.1, -0.05) is 19.8 Å². The average Bonchev–Trinajstić information content (AvgIpc) is 2.74. The lowest BCUT2D eigenvalue weighted by Crippen LogP contribution is -2.46. The van der Waals surface area contributed by atoms with Crippen LogP contribution in [0.2, 0.25) is 0 Å². The summed E-state index contributed by atoms with van der Waals surface area (Å²) in [6, 6.07) is 1.53. The lowest BCUT2D eigenvalue weighted by Gasteiger charge is -2.33. The number of thioether (sulfide) groups is 1. The quantitative estimate of drug-likeness (QED) is 0.792. The zero-order chi connectivity index (χ0) is 10.7. The smallest absolute Gasteiger partial charge is 0.0186 e. The Balaban J connectivity index is 1.78. The molecule has 0 aromatic carbocycles. The third-order valence-corrected chi connectivity index (χ3v) is 5.57. The van der Waals surface area contributed by atoms with Crippen molar-refractivity contribution in [2.75, 3.05) is 5.75 Å². The van der Waals surface area contributed by atoms with Gasteiger partial charge in [-0.2, -0.15) is 11.8 Å². The van der Waals surface area contributed by atoms with E-state index in [1.54, 1.807) is 0 Å². The van der Waals surface area contributed by atoms with Crippen LogP contribution in [0.25, 0.3) is 0 Å². The Hall–Kier alpha value is 0.310. The SMILES string of the molecule is CC(NC1CCCSC1C)C1CCCC1. The Labute approximate surface area is 98.8 Å². The summed E-state index contributed by atoms with van der Waals surface area (Å²) in [6.45, 7) is 4.80. The van der Waals surface area contributed by atoms with Crippen LogP contribution in [0.3, 0.4) is 0 Å². The summed E-state index contributed by atoms with van der Waals surface area (Å²) >= 11 is 2.15. The van der Waals surface area contributed by atoms with Crippen LogP contribution >= 0.6 is 11.8 Å². The topological polar surface area (TPSA) is 12.0 Å². The fraction of sp³-hybridized carbons (Fsp3) is 1.00. The second-order valence-electron chi connectivity index (χ2n) is 5.32. The number of hydrogen-bond donors (Lipinski definition) is 1. The molecule has 1 nitrogen and oxygen atoms in total. The maximum atomic E-state index is 3.89. The summed E-state index contributed by atoms with van der Waals surface area (Å²) in [5.74, 6) is 2.33. The minimum Gasteiger partial charge on any atom is -0.310 e. The Kier molecular flexibility index (Phi) is 4.39. The highest BCUT2D eigenvalue weighted by Gasteiger charge is 2.27. The van der Waals surface area contributed by atoms with E-state index in [2.05, 4.69) is 30.9 Å². The molecule has 0 bridgehead atoms. The van der Waals surface area contributed by atoms with Crippen molar-refractivity contribution in [3.63, 3.8) is 0 Å². The largest absolute Gasteiger partial charge is 0.310 e. The number of nitrogens with one attached hydrogen (secondary N) is 1. The average molecular weight is 227 g/mol. The van der Waals surface area contributed by atoms with Gasteiger partial charge in [-0.05, 0) is 44.3 Å². The molecule has 1 aliphatic carbocycles. The first-order valence-corrected chi connectivity index (χ1v) is 7.70. The van der Waals surface area contributed by atoms with E-state index in [1.165, 1.54) is 44.3 Å². The molecule has 2 aliphatic rings. The van der Waals surface area contributed by atoms with Crippen LogP contribution in [0.5, 0.6) is 0 Å². The predicted octanol–water partition coefficient (Wildman–Crippen LogP) is 3.44. The van der Waals surface area contributed by atoms with Gasteiger partial charge in [0.15, 0.2) is 0 Å². The van der Waals surface area contributed by atoms with Crippen molar-refractivity contribution in [3.05, 3.63) is 0 Å². The van der Waals surface area contributed by atoms with Crippen LogP contribution in [0.4, 0.5) is 0 Å².